The van der Waals surface area contributed by atoms with Crippen LogP contribution >= 0.6 is 24.4 Å². The molecule has 4 aromatic carbocycles. The van der Waals surface area contributed by atoms with Gasteiger partial charge in [0.15, 0.2) is 5.71 Å². The van der Waals surface area contributed by atoms with Gasteiger partial charge in [-0.15, -0.1) is 5.06 Å². The van der Waals surface area contributed by atoms with E-state index >= 15 is 0 Å². The molecule has 1 N–H and O–H groups in total. The quantitative estimate of drug-likeness (QED) is 0.0308. The smallest absolute Gasteiger partial charge is 0.333 e. The summed E-state index contributed by atoms with van der Waals surface area (Å²) in [5.41, 5.74) is 2.97. The number of amides is 3. The molecule has 0 aromatic heterocycles. The molecular weight excluding hydrogens is 1030 g/mol. The number of allylic oxidation sites excluding steroid dienone is 5. The van der Waals surface area contributed by atoms with E-state index in [9.17, 15) is 53.5 Å². The lowest BCUT2D eigenvalue weighted by molar-refractivity contribution is -0.425. The molecule has 372 valence electrons. The van der Waals surface area contributed by atoms with Crippen molar-refractivity contribution in [2.45, 2.75) is 86.8 Å². The standard InChI is InChI=1S/C48H46N4O13S6/c1-47(2)36(50(20-8-6-7-9-41(56)65-52-39(54)18-19-40(52)55)34-16-10-26-21-28(70(59,60)61)12-14-30(26)42(34)47)23-32-44(66)33(46(68)45(32)67)24-37-48(3,4)43-31-15-13-29(71(62,63)64)22-27(31)11-17-35(43)51(37)25-38(53)49-69(5,57)58/h10-17,21-24H,6-9,18-20,25H2,1-5H3,(H3-,49,53,59,60,61,62,63,64,66,67,68)/p-2. The van der Waals surface area contributed by atoms with Gasteiger partial charge >= 0.3 is 5.97 Å². The van der Waals surface area contributed by atoms with Gasteiger partial charge in [-0.25, -0.2) is 34.8 Å². The van der Waals surface area contributed by atoms with Crippen LogP contribution in [0.25, 0.3) is 21.5 Å². The highest BCUT2D eigenvalue weighted by Crippen LogP contribution is 2.52. The summed E-state index contributed by atoms with van der Waals surface area (Å²) in [6, 6.07) is 15.0. The molecule has 0 spiro atoms. The molecule has 71 heavy (non-hydrogen) atoms. The van der Waals surface area contributed by atoms with Gasteiger partial charge in [-0.3, -0.25) is 14.4 Å². The van der Waals surface area contributed by atoms with Crippen LogP contribution in [0.5, 0.6) is 0 Å². The van der Waals surface area contributed by atoms with Crippen LogP contribution < -0.4 is 9.62 Å². The third kappa shape index (κ3) is 9.73. The average Bonchev–Trinajstić information content (AvgIpc) is 3.85. The second-order valence-electron chi connectivity index (χ2n) is 18.6. The van der Waals surface area contributed by atoms with Gasteiger partial charge in [-0.2, -0.15) is 9.48 Å². The van der Waals surface area contributed by atoms with Crippen LogP contribution in [0.2, 0.25) is 0 Å². The van der Waals surface area contributed by atoms with E-state index in [0.717, 1.165) is 23.2 Å². The number of benzene rings is 4. The van der Waals surface area contributed by atoms with Crippen LogP contribution in [-0.2, 0) is 77.7 Å². The third-order valence-electron chi connectivity index (χ3n) is 13.0. The molecule has 0 unspecified atom stereocenters. The van der Waals surface area contributed by atoms with E-state index in [1.807, 2.05) is 44.6 Å². The van der Waals surface area contributed by atoms with Crippen LogP contribution in [0, 0.1) is 0 Å². The molecule has 23 heteroatoms. The van der Waals surface area contributed by atoms with E-state index in [-0.39, 0.29) is 38.8 Å². The number of anilines is 1. The first kappa shape index (κ1) is 51.7. The molecule has 3 amide bonds. The molecule has 3 heterocycles. The molecular formula is C48H44N4O13S6-2. The van der Waals surface area contributed by atoms with Crippen LogP contribution in [-0.4, -0.2) is 102 Å². The van der Waals surface area contributed by atoms with Crippen molar-refractivity contribution in [3.8, 4) is 0 Å². The summed E-state index contributed by atoms with van der Waals surface area (Å²) in [6.45, 7) is 7.63. The van der Waals surface area contributed by atoms with Crippen molar-refractivity contribution in [1.29, 1.82) is 0 Å². The zero-order valence-electron chi connectivity index (χ0n) is 38.7. The molecule has 1 saturated heterocycles. The van der Waals surface area contributed by atoms with Gasteiger partial charge in [0.2, 0.25) is 22.3 Å². The zero-order chi connectivity index (χ0) is 51.9. The predicted molar refractivity (Wildman–Crippen MR) is 271 cm³/mol. The molecule has 1 fully saturated rings. The summed E-state index contributed by atoms with van der Waals surface area (Å²) in [7, 11) is -13.5. The number of hydroxylamine groups is 2. The Bertz CT molecular complexity index is 3600. The first-order valence-corrected chi connectivity index (χ1v) is 27.9. The monoisotopic (exact) mass is 1080 g/mol. The number of fused-ring (bicyclic) bond motifs is 6. The van der Waals surface area contributed by atoms with E-state index < -0.39 is 76.2 Å². The Hall–Kier alpha value is -5.66. The Morgan fingerprint density at radius 1 is 0.789 bits per heavy atom. The second kappa shape index (κ2) is 18.4. The Kier molecular flexibility index (Phi) is 13.4. The Morgan fingerprint density at radius 3 is 1.94 bits per heavy atom. The van der Waals surface area contributed by atoms with Gasteiger partial charge in [0.1, 0.15) is 20.2 Å². The van der Waals surface area contributed by atoms with Gasteiger partial charge in [0, 0.05) is 60.3 Å². The minimum Gasteiger partial charge on any atom is -0.778 e. The number of nitrogens with one attached hydrogen (secondary N) is 1. The van der Waals surface area contributed by atoms with Gasteiger partial charge in [-0.05, 0) is 107 Å². The molecule has 3 aliphatic heterocycles. The molecule has 0 saturated carbocycles. The summed E-state index contributed by atoms with van der Waals surface area (Å²) >= 11 is 18.3. The molecule has 4 aromatic rings. The van der Waals surface area contributed by atoms with E-state index in [1.54, 1.807) is 34.9 Å². The van der Waals surface area contributed by atoms with Crippen LogP contribution in [0.1, 0.15) is 77.3 Å². The number of carbonyl (C=O) groups is 4. The lowest BCUT2D eigenvalue weighted by atomic mass is 9.78. The van der Waals surface area contributed by atoms with Gasteiger partial charge in [0.25, 0.3) is 17.7 Å². The van der Waals surface area contributed by atoms with Crippen molar-refractivity contribution in [3.63, 3.8) is 0 Å². The number of thiocarbonyl (C=S) groups is 2. The third-order valence-corrected chi connectivity index (χ3v) is 16.7. The molecule has 0 bridgehead atoms. The first-order valence-electron chi connectivity index (χ1n) is 22.0. The highest BCUT2D eigenvalue weighted by atomic mass is 32.2. The zero-order valence-corrected chi connectivity index (χ0v) is 43.6. The SMILES string of the molecule is CC1(C)C(/C=C2\C(=S)C(=S)C(/C=C3/N(CCCCCC(=O)ON4C(=O)CCC4=O)c4ccc5cc(S(=O)(=O)[O-])ccc5c4C3(C)C)=C2[S-])=[N+](CC(=O)NS(C)(=O)=O)c2ccc3cc(S(=O)(=O)[O-])ccc3c21. The summed E-state index contributed by atoms with van der Waals surface area (Å²) < 4.78 is 100. The van der Waals surface area contributed by atoms with Gasteiger partial charge in [0.05, 0.1) is 31.2 Å². The number of hydrogen-bond donors (Lipinski definition) is 1. The largest absolute Gasteiger partial charge is 0.778 e. The Labute approximate surface area is 426 Å². The van der Waals surface area contributed by atoms with Crippen molar-refractivity contribution in [1.82, 2.24) is 9.79 Å². The minimum absolute atomic E-state index is 0.0233. The molecule has 0 radical (unpaired) electrons. The second-order valence-corrected chi connectivity index (χ2v) is 24.3. The highest BCUT2D eigenvalue weighted by Gasteiger charge is 2.48. The lowest BCUT2D eigenvalue weighted by Gasteiger charge is -2.28. The van der Waals surface area contributed by atoms with E-state index in [2.05, 4.69) is 4.90 Å². The number of hydrogen-bond acceptors (Lipinski definition) is 17. The lowest BCUT2D eigenvalue weighted by Crippen LogP contribution is -2.37. The van der Waals surface area contributed by atoms with Crippen LogP contribution in [0.15, 0.2) is 104 Å². The number of unbranched alkanes of at least 4 members (excludes halogenated alkanes) is 2. The maximum absolute atomic E-state index is 13.4. The van der Waals surface area contributed by atoms with Gasteiger partial charge < -0.3 is 31.5 Å². The highest BCUT2D eigenvalue weighted by molar-refractivity contribution is 7.90. The summed E-state index contributed by atoms with van der Waals surface area (Å²) in [4.78, 5) is 57.0. The number of nitrogens with zero attached hydrogens (tertiary/aromatic N) is 3. The fraction of sp³-hybridized carbons (Fsp3) is 0.312. The average molecular weight is 1080 g/mol. The Balaban J connectivity index is 1.20. The first-order chi connectivity index (χ1) is 33.0. The van der Waals surface area contributed by atoms with Crippen molar-refractivity contribution in [3.05, 3.63) is 106 Å². The number of carbonyl (C=O) groups excluding carboxylic acids is 4. The molecule has 8 rings (SSSR count). The predicted octanol–water partition coefficient (Wildman–Crippen LogP) is 5.58. The Morgan fingerprint density at radius 2 is 1.37 bits per heavy atom. The van der Waals surface area contributed by atoms with Crippen molar-refractivity contribution < 1.29 is 63.0 Å². The summed E-state index contributed by atoms with van der Waals surface area (Å²) in [5, 5.41) is 2.73. The molecule has 17 nitrogen and oxygen atoms in total. The fourth-order valence-electron chi connectivity index (χ4n) is 9.82. The maximum Gasteiger partial charge on any atom is 0.333 e. The van der Waals surface area contributed by atoms with E-state index in [0.29, 0.717) is 80.5 Å². The number of rotatable bonds is 14. The minimum atomic E-state index is -4.80. The van der Waals surface area contributed by atoms with E-state index in [4.69, 9.17) is 41.9 Å². The number of imide groups is 1. The van der Waals surface area contributed by atoms with Crippen LogP contribution in [0.3, 0.4) is 0 Å². The summed E-state index contributed by atoms with van der Waals surface area (Å²) in [6.07, 6.45) is 5.80. The summed E-state index contributed by atoms with van der Waals surface area (Å²) in [5.74, 6) is -2.70. The van der Waals surface area contributed by atoms with Crippen molar-refractivity contribution in [2.24, 2.45) is 0 Å². The molecule has 0 atom stereocenters. The molecule has 4 aliphatic rings. The van der Waals surface area contributed by atoms with Crippen LogP contribution in [0.4, 0.5) is 11.4 Å². The van der Waals surface area contributed by atoms with Gasteiger partial charge in [-0.1, -0.05) is 62.9 Å². The maximum atomic E-state index is 13.4. The molecule has 1 aliphatic carbocycles. The normalized spacial score (nSPS) is 19.0. The van der Waals surface area contributed by atoms with E-state index in [1.165, 1.54) is 30.3 Å². The van der Waals surface area contributed by atoms with Crippen molar-refractivity contribution in [2.75, 3.05) is 24.2 Å². The van der Waals surface area contributed by atoms with Crippen molar-refractivity contribution >= 4 is 139 Å². The fourth-order valence-corrected chi connectivity index (χ4v) is 12.3. The topological polar surface area (TPSA) is 248 Å². The number of sulfonamides is 1.